The van der Waals surface area contributed by atoms with Crippen molar-refractivity contribution < 1.29 is 19.0 Å². The molecule has 0 spiro atoms. The van der Waals surface area contributed by atoms with Crippen molar-refractivity contribution in [2.45, 2.75) is 82.6 Å². The van der Waals surface area contributed by atoms with Gasteiger partial charge in [0.1, 0.15) is 0 Å². The molecule has 0 saturated heterocycles. The fourth-order valence-electron chi connectivity index (χ4n) is 5.36. The number of amides is 1. The average molecular weight is 547 g/mol. The van der Waals surface area contributed by atoms with Crippen LogP contribution in [-0.2, 0) is 11.3 Å². The van der Waals surface area contributed by atoms with E-state index < -0.39 is 5.79 Å². The Morgan fingerprint density at radius 2 is 1.86 bits per heavy atom. The first-order valence-corrected chi connectivity index (χ1v) is 14.7. The Morgan fingerprint density at radius 3 is 2.54 bits per heavy atom. The second-order valence-electron chi connectivity index (χ2n) is 10.7. The molecule has 0 radical (unpaired) electrons. The van der Waals surface area contributed by atoms with E-state index >= 15 is 0 Å². The predicted octanol–water partition coefficient (Wildman–Crippen LogP) is 5.77. The highest BCUT2D eigenvalue weighted by atomic mass is 35.5. The van der Waals surface area contributed by atoms with Crippen LogP contribution in [0, 0.1) is 25.7 Å². The number of carbonyl (C=O) groups excluding carboxylic acids is 1. The van der Waals surface area contributed by atoms with Crippen molar-refractivity contribution >= 4 is 29.3 Å². The van der Waals surface area contributed by atoms with Gasteiger partial charge < -0.3 is 24.5 Å². The number of ether oxygens (including phenoxy) is 3. The summed E-state index contributed by atoms with van der Waals surface area (Å²) in [6.45, 7) is 6.64. The number of aromatic amines is 1. The zero-order valence-corrected chi connectivity index (χ0v) is 23.4. The summed E-state index contributed by atoms with van der Waals surface area (Å²) in [7, 11) is 0. The number of halogens is 1. The summed E-state index contributed by atoms with van der Waals surface area (Å²) >= 11 is 8.08. The van der Waals surface area contributed by atoms with Gasteiger partial charge in [0.15, 0.2) is 11.5 Å². The SMILES string of the molecule is CSc1cc(C)[nH]c(=O)c1CNC(=O)c1cc(Cl)c2c(c1C)OC(C)(C1CCC(OCC3CC3)CC1)O2. The van der Waals surface area contributed by atoms with Crippen LogP contribution in [0.2, 0.25) is 5.02 Å². The molecule has 7 nitrogen and oxygen atoms in total. The highest BCUT2D eigenvalue weighted by molar-refractivity contribution is 7.98. The number of hydrogen-bond donors (Lipinski definition) is 2. The number of fused-ring (bicyclic) bond motifs is 1. The van der Waals surface area contributed by atoms with Gasteiger partial charge in [-0.1, -0.05) is 11.6 Å². The number of pyridine rings is 1. The molecule has 1 aliphatic heterocycles. The maximum absolute atomic E-state index is 13.2. The van der Waals surface area contributed by atoms with Crippen LogP contribution in [0.4, 0.5) is 0 Å². The number of benzene rings is 1. The van der Waals surface area contributed by atoms with E-state index in [9.17, 15) is 9.59 Å². The number of hydrogen-bond acceptors (Lipinski definition) is 6. The van der Waals surface area contributed by atoms with Gasteiger partial charge in [0.25, 0.3) is 17.3 Å². The maximum Gasteiger partial charge on any atom is 0.254 e. The standard InChI is InChI=1S/C28H35ClN2O5S/c1-15-11-23(37-4)21(27(33)31-15)13-30-26(32)20-12-22(29)25-24(16(20)2)35-28(3,36-25)18-7-9-19(10-8-18)34-14-17-5-6-17/h11-12,17-19H,5-10,13-14H2,1-4H3,(H,30,32)(H,31,33). The number of nitrogens with one attached hydrogen (secondary N) is 2. The Morgan fingerprint density at radius 1 is 1.16 bits per heavy atom. The molecule has 2 heterocycles. The molecule has 1 aromatic heterocycles. The second kappa shape index (κ2) is 10.5. The van der Waals surface area contributed by atoms with E-state index in [1.54, 1.807) is 6.07 Å². The van der Waals surface area contributed by atoms with Crippen LogP contribution < -0.4 is 20.3 Å². The van der Waals surface area contributed by atoms with Crippen LogP contribution in [0.5, 0.6) is 11.5 Å². The van der Waals surface area contributed by atoms with Gasteiger partial charge in [-0.05, 0) is 76.7 Å². The van der Waals surface area contributed by atoms with Gasteiger partial charge >= 0.3 is 0 Å². The highest BCUT2D eigenvalue weighted by Gasteiger charge is 2.47. The molecule has 200 valence electrons. The van der Waals surface area contributed by atoms with Gasteiger partial charge in [-0.3, -0.25) is 9.59 Å². The number of aromatic nitrogens is 1. The van der Waals surface area contributed by atoms with E-state index in [2.05, 4.69) is 10.3 Å². The molecule has 3 aliphatic rings. The monoisotopic (exact) mass is 546 g/mol. The van der Waals surface area contributed by atoms with Gasteiger partial charge in [-0.25, -0.2) is 0 Å². The van der Waals surface area contributed by atoms with Crippen molar-refractivity contribution in [3.63, 3.8) is 0 Å². The summed E-state index contributed by atoms with van der Waals surface area (Å²) in [5.74, 6) is 0.824. The zero-order chi connectivity index (χ0) is 26.3. The Kier molecular flexibility index (Phi) is 7.53. The van der Waals surface area contributed by atoms with Crippen molar-refractivity contribution in [3.05, 3.63) is 49.9 Å². The molecule has 2 aromatic rings. The van der Waals surface area contributed by atoms with Crippen LogP contribution in [0.1, 0.15) is 72.6 Å². The molecule has 1 atom stereocenters. The summed E-state index contributed by atoms with van der Waals surface area (Å²) in [4.78, 5) is 29.3. The molecule has 2 saturated carbocycles. The van der Waals surface area contributed by atoms with E-state index in [1.807, 2.05) is 33.1 Å². The topological polar surface area (TPSA) is 89.7 Å². The van der Waals surface area contributed by atoms with E-state index in [1.165, 1.54) is 24.6 Å². The van der Waals surface area contributed by atoms with Gasteiger partial charge in [-0.2, -0.15) is 0 Å². The van der Waals surface area contributed by atoms with Crippen molar-refractivity contribution in [1.82, 2.24) is 10.3 Å². The van der Waals surface area contributed by atoms with Crippen LogP contribution in [0.15, 0.2) is 21.8 Å². The van der Waals surface area contributed by atoms with Crippen molar-refractivity contribution in [3.8, 4) is 11.5 Å². The molecule has 1 aromatic carbocycles. The molecule has 37 heavy (non-hydrogen) atoms. The molecule has 0 bridgehead atoms. The smallest absolute Gasteiger partial charge is 0.254 e. The maximum atomic E-state index is 13.2. The molecule has 9 heteroatoms. The number of H-pyrrole nitrogens is 1. The molecule has 1 amide bonds. The minimum Gasteiger partial charge on any atom is -0.448 e. The minimum atomic E-state index is -0.838. The van der Waals surface area contributed by atoms with Crippen molar-refractivity contribution in [2.24, 2.45) is 11.8 Å². The number of aryl methyl sites for hydroxylation is 1. The van der Waals surface area contributed by atoms with Crippen molar-refractivity contribution in [1.29, 1.82) is 0 Å². The summed E-state index contributed by atoms with van der Waals surface area (Å²) < 4.78 is 18.9. The largest absolute Gasteiger partial charge is 0.448 e. The molecule has 1 unspecified atom stereocenters. The molecule has 2 N–H and O–H groups in total. The Bertz CT molecular complexity index is 1250. The van der Waals surface area contributed by atoms with E-state index in [-0.39, 0.29) is 23.9 Å². The van der Waals surface area contributed by atoms with E-state index in [0.29, 0.717) is 39.3 Å². The Balaban J connectivity index is 1.27. The number of thioether (sulfide) groups is 1. The predicted molar refractivity (Wildman–Crippen MR) is 145 cm³/mol. The summed E-state index contributed by atoms with van der Waals surface area (Å²) in [6.07, 6.45) is 8.72. The molecule has 2 aliphatic carbocycles. The van der Waals surface area contributed by atoms with Gasteiger partial charge in [-0.15, -0.1) is 11.8 Å². The zero-order valence-electron chi connectivity index (χ0n) is 21.9. The van der Waals surface area contributed by atoms with Gasteiger partial charge in [0.05, 0.1) is 11.1 Å². The molecular weight excluding hydrogens is 512 g/mol. The van der Waals surface area contributed by atoms with Crippen LogP contribution in [0.3, 0.4) is 0 Å². The number of carbonyl (C=O) groups is 1. The third kappa shape index (κ3) is 5.52. The molecule has 2 fully saturated rings. The minimum absolute atomic E-state index is 0.111. The Labute approximate surface area is 227 Å². The quantitative estimate of drug-likeness (QED) is 0.409. The van der Waals surface area contributed by atoms with Crippen LogP contribution >= 0.6 is 23.4 Å². The van der Waals surface area contributed by atoms with Crippen LogP contribution in [0.25, 0.3) is 0 Å². The first kappa shape index (κ1) is 26.4. The third-order valence-electron chi connectivity index (χ3n) is 7.85. The van der Waals surface area contributed by atoms with E-state index in [4.69, 9.17) is 25.8 Å². The summed E-state index contributed by atoms with van der Waals surface area (Å²) in [5, 5.41) is 3.22. The van der Waals surface area contributed by atoms with Crippen molar-refractivity contribution in [2.75, 3.05) is 12.9 Å². The first-order valence-electron chi connectivity index (χ1n) is 13.1. The first-order chi connectivity index (χ1) is 17.7. The number of rotatable bonds is 8. The summed E-state index contributed by atoms with van der Waals surface area (Å²) in [5.41, 5.74) is 2.19. The lowest BCUT2D eigenvalue weighted by Gasteiger charge is -2.37. The molecular formula is C28H35ClN2O5S. The lowest BCUT2D eigenvalue weighted by molar-refractivity contribution is -0.130. The average Bonchev–Trinajstić information content (AvgIpc) is 3.63. The Hall–Kier alpha value is -2.16. The van der Waals surface area contributed by atoms with E-state index in [0.717, 1.165) is 48.8 Å². The second-order valence-corrected chi connectivity index (χ2v) is 11.9. The fourth-order valence-corrected chi connectivity index (χ4v) is 6.30. The normalized spacial score (nSPS) is 24.8. The lowest BCUT2D eigenvalue weighted by Crippen LogP contribution is -2.45. The highest BCUT2D eigenvalue weighted by Crippen LogP contribution is 2.51. The van der Waals surface area contributed by atoms with Gasteiger partial charge in [0.2, 0.25) is 0 Å². The molecule has 5 rings (SSSR count). The van der Waals surface area contributed by atoms with Crippen LogP contribution in [-0.4, -0.2) is 35.6 Å². The lowest BCUT2D eigenvalue weighted by atomic mass is 9.82. The fraction of sp³-hybridized carbons (Fsp3) is 0.571. The summed E-state index contributed by atoms with van der Waals surface area (Å²) in [6, 6.07) is 3.53. The van der Waals surface area contributed by atoms with Gasteiger partial charge in [0, 0.05) is 53.3 Å². The third-order valence-corrected chi connectivity index (χ3v) is 8.93.